The Kier molecular flexibility index (Phi) is 4.78. The van der Waals surface area contributed by atoms with Crippen LogP contribution in [0.25, 0.3) is 11.6 Å². The molecular weight excluding hydrogens is 382 g/mol. The fourth-order valence-corrected chi connectivity index (χ4v) is 3.54. The molecule has 1 aromatic carbocycles. The molecule has 3 aromatic rings. The molecule has 2 amide bonds. The topological polar surface area (TPSA) is 110 Å². The number of nitrogens with zero attached hydrogens (tertiary/aromatic N) is 4. The van der Waals surface area contributed by atoms with Gasteiger partial charge in [0.2, 0.25) is 11.8 Å². The standard InChI is InChI=1S/C18H17N5O4S/c1-10-19-14(9-28-10)17-21-22-18(27-17)20-16(25)11-6-15(24)23(8-11)12-4-3-5-13(7-12)26-2/h3-5,7,9,11H,6,8H2,1-2H3,(H,20,22,25)/t11-/m1/s1. The molecule has 144 valence electrons. The second-order valence-corrected chi connectivity index (χ2v) is 7.32. The highest BCUT2D eigenvalue weighted by Crippen LogP contribution is 2.29. The van der Waals surface area contributed by atoms with E-state index in [1.54, 1.807) is 41.7 Å². The van der Waals surface area contributed by atoms with Gasteiger partial charge in [0.25, 0.3) is 5.89 Å². The molecule has 0 aliphatic carbocycles. The Bertz CT molecular complexity index is 1030. The van der Waals surface area contributed by atoms with E-state index in [9.17, 15) is 9.59 Å². The van der Waals surface area contributed by atoms with E-state index in [0.29, 0.717) is 17.1 Å². The molecular formula is C18H17N5O4S. The SMILES string of the molecule is COc1cccc(N2C[C@H](C(=O)Nc3nnc(-c4csc(C)n4)o3)CC2=O)c1. The van der Waals surface area contributed by atoms with E-state index in [4.69, 9.17) is 9.15 Å². The van der Waals surface area contributed by atoms with Gasteiger partial charge in [0, 0.05) is 30.1 Å². The molecule has 1 fully saturated rings. The van der Waals surface area contributed by atoms with Gasteiger partial charge in [0.15, 0.2) is 0 Å². The smallest absolute Gasteiger partial charge is 0.322 e. The largest absolute Gasteiger partial charge is 0.497 e. The van der Waals surface area contributed by atoms with Gasteiger partial charge in [0.1, 0.15) is 11.4 Å². The van der Waals surface area contributed by atoms with Crippen molar-refractivity contribution >= 4 is 34.9 Å². The number of aromatic nitrogens is 3. The third-order valence-corrected chi connectivity index (χ3v) is 5.13. The van der Waals surface area contributed by atoms with E-state index >= 15 is 0 Å². The van der Waals surface area contributed by atoms with E-state index in [1.165, 1.54) is 11.3 Å². The molecule has 10 heteroatoms. The number of aryl methyl sites for hydroxylation is 1. The van der Waals surface area contributed by atoms with Crippen LogP contribution < -0.4 is 15.0 Å². The number of anilines is 2. The zero-order chi connectivity index (χ0) is 19.7. The highest BCUT2D eigenvalue weighted by atomic mass is 32.1. The van der Waals surface area contributed by atoms with Gasteiger partial charge in [-0.3, -0.25) is 14.9 Å². The lowest BCUT2D eigenvalue weighted by Crippen LogP contribution is -2.28. The number of hydrogen-bond donors (Lipinski definition) is 1. The molecule has 4 rings (SSSR count). The molecule has 1 N–H and O–H groups in total. The highest BCUT2D eigenvalue weighted by molar-refractivity contribution is 7.09. The molecule has 0 saturated carbocycles. The number of carbonyl (C=O) groups excluding carboxylic acids is 2. The maximum Gasteiger partial charge on any atom is 0.322 e. The third-order valence-electron chi connectivity index (χ3n) is 4.35. The Balaban J connectivity index is 1.43. The minimum absolute atomic E-state index is 0.0158. The van der Waals surface area contributed by atoms with Crippen LogP contribution in [0.3, 0.4) is 0 Å². The molecule has 1 aliphatic heterocycles. The third kappa shape index (κ3) is 3.58. The molecule has 1 saturated heterocycles. The maximum atomic E-state index is 12.6. The van der Waals surface area contributed by atoms with Crippen molar-refractivity contribution in [2.24, 2.45) is 5.92 Å². The first-order valence-corrected chi connectivity index (χ1v) is 9.42. The van der Waals surface area contributed by atoms with Crippen LogP contribution in [0, 0.1) is 12.8 Å². The molecule has 1 atom stereocenters. The van der Waals surface area contributed by atoms with Crippen molar-refractivity contribution in [3.8, 4) is 17.3 Å². The predicted molar refractivity (Wildman–Crippen MR) is 102 cm³/mol. The van der Waals surface area contributed by atoms with E-state index in [0.717, 1.165) is 5.01 Å². The molecule has 3 heterocycles. The van der Waals surface area contributed by atoms with Crippen LogP contribution >= 0.6 is 11.3 Å². The first-order chi connectivity index (χ1) is 13.5. The second-order valence-electron chi connectivity index (χ2n) is 6.26. The summed E-state index contributed by atoms with van der Waals surface area (Å²) in [5, 5.41) is 13.0. The van der Waals surface area contributed by atoms with E-state index in [-0.39, 0.29) is 36.7 Å². The summed E-state index contributed by atoms with van der Waals surface area (Å²) in [6, 6.07) is 7.15. The van der Waals surface area contributed by atoms with Crippen molar-refractivity contribution in [2.75, 3.05) is 23.9 Å². The van der Waals surface area contributed by atoms with Gasteiger partial charge in [-0.1, -0.05) is 11.2 Å². The summed E-state index contributed by atoms with van der Waals surface area (Å²) in [5.74, 6) is -0.106. The number of hydrogen-bond acceptors (Lipinski definition) is 8. The minimum atomic E-state index is -0.518. The normalized spacial score (nSPS) is 16.4. The summed E-state index contributed by atoms with van der Waals surface area (Å²) in [7, 11) is 1.56. The number of methoxy groups -OCH3 is 1. The lowest BCUT2D eigenvalue weighted by atomic mass is 10.1. The Morgan fingerprint density at radius 1 is 1.39 bits per heavy atom. The van der Waals surface area contributed by atoms with Gasteiger partial charge >= 0.3 is 6.01 Å². The van der Waals surface area contributed by atoms with Crippen LogP contribution in [0.1, 0.15) is 11.4 Å². The van der Waals surface area contributed by atoms with Gasteiger partial charge in [0.05, 0.1) is 18.0 Å². The van der Waals surface area contributed by atoms with Crippen molar-refractivity contribution in [3.05, 3.63) is 34.7 Å². The van der Waals surface area contributed by atoms with Crippen LogP contribution in [0.2, 0.25) is 0 Å². The van der Waals surface area contributed by atoms with Gasteiger partial charge in [-0.25, -0.2) is 4.98 Å². The van der Waals surface area contributed by atoms with Crippen LogP contribution in [-0.4, -0.2) is 40.7 Å². The van der Waals surface area contributed by atoms with Crippen LogP contribution in [-0.2, 0) is 9.59 Å². The van der Waals surface area contributed by atoms with Crippen LogP contribution in [0.15, 0.2) is 34.1 Å². The average molecular weight is 399 g/mol. The average Bonchev–Trinajstić information content (AvgIpc) is 3.41. The van der Waals surface area contributed by atoms with Gasteiger partial charge in [-0.2, -0.15) is 0 Å². The van der Waals surface area contributed by atoms with Gasteiger partial charge < -0.3 is 14.1 Å². The number of amides is 2. The van der Waals surface area contributed by atoms with Crippen molar-refractivity contribution in [1.82, 2.24) is 15.2 Å². The zero-order valence-electron chi connectivity index (χ0n) is 15.2. The molecule has 0 bridgehead atoms. The zero-order valence-corrected chi connectivity index (χ0v) is 16.0. The maximum absolute atomic E-state index is 12.6. The number of nitrogens with one attached hydrogen (secondary N) is 1. The summed E-state index contributed by atoms with van der Waals surface area (Å²) >= 11 is 1.47. The molecule has 2 aromatic heterocycles. The molecule has 0 unspecified atom stereocenters. The van der Waals surface area contributed by atoms with Crippen LogP contribution in [0.4, 0.5) is 11.7 Å². The number of benzene rings is 1. The van der Waals surface area contributed by atoms with E-state index < -0.39 is 5.92 Å². The lowest BCUT2D eigenvalue weighted by molar-refractivity contribution is -0.122. The summed E-state index contributed by atoms with van der Waals surface area (Å²) < 4.78 is 10.7. The summed E-state index contributed by atoms with van der Waals surface area (Å²) in [4.78, 5) is 30.8. The number of thiazole rings is 1. The first-order valence-electron chi connectivity index (χ1n) is 8.55. The lowest BCUT2D eigenvalue weighted by Gasteiger charge is -2.17. The van der Waals surface area contributed by atoms with E-state index in [1.807, 2.05) is 6.92 Å². The monoisotopic (exact) mass is 399 g/mol. The fraction of sp³-hybridized carbons (Fsp3) is 0.278. The fourth-order valence-electron chi connectivity index (χ4n) is 2.96. The number of carbonyl (C=O) groups is 2. The number of rotatable bonds is 5. The summed E-state index contributed by atoms with van der Waals surface area (Å²) in [6.07, 6.45) is 0.106. The first kappa shape index (κ1) is 18.1. The van der Waals surface area contributed by atoms with E-state index in [2.05, 4.69) is 20.5 Å². The molecule has 0 radical (unpaired) electrons. The quantitative estimate of drug-likeness (QED) is 0.702. The Labute approximate surface area is 164 Å². The molecule has 9 nitrogen and oxygen atoms in total. The Hall–Kier alpha value is -3.27. The molecule has 28 heavy (non-hydrogen) atoms. The minimum Gasteiger partial charge on any atom is -0.497 e. The number of ether oxygens (including phenoxy) is 1. The summed E-state index contributed by atoms with van der Waals surface area (Å²) in [5.41, 5.74) is 1.26. The van der Waals surface area contributed by atoms with Gasteiger partial charge in [-0.05, 0) is 19.1 Å². The molecule has 1 aliphatic rings. The van der Waals surface area contributed by atoms with Crippen molar-refractivity contribution < 1.29 is 18.7 Å². The Morgan fingerprint density at radius 3 is 3.00 bits per heavy atom. The van der Waals surface area contributed by atoms with Crippen molar-refractivity contribution in [1.29, 1.82) is 0 Å². The highest BCUT2D eigenvalue weighted by Gasteiger charge is 2.36. The summed E-state index contributed by atoms with van der Waals surface area (Å²) in [6.45, 7) is 2.14. The second kappa shape index (κ2) is 7.39. The Morgan fingerprint density at radius 2 is 2.25 bits per heavy atom. The predicted octanol–water partition coefficient (Wildman–Crippen LogP) is 2.50. The van der Waals surface area contributed by atoms with Gasteiger partial charge in [-0.15, -0.1) is 16.4 Å². The van der Waals surface area contributed by atoms with Crippen molar-refractivity contribution in [3.63, 3.8) is 0 Å². The van der Waals surface area contributed by atoms with Crippen molar-refractivity contribution in [2.45, 2.75) is 13.3 Å². The molecule has 0 spiro atoms. The van der Waals surface area contributed by atoms with Crippen LogP contribution in [0.5, 0.6) is 5.75 Å².